The van der Waals surface area contributed by atoms with E-state index in [1.165, 1.54) is 48.4 Å². The van der Waals surface area contributed by atoms with Gasteiger partial charge in [0, 0.05) is 55.5 Å². The number of likely N-dealkylation sites (tertiary alicyclic amines) is 1. The molecule has 4 rings (SSSR count). The Labute approximate surface area is 225 Å². The van der Waals surface area contributed by atoms with Crippen LogP contribution in [0.25, 0.3) is 11.6 Å². The average Bonchev–Trinajstić information content (AvgIpc) is 3.28. The monoisotopic (exact) mass is 526 g/mol. The number of piperidine rings is 1. The first-order valence-corrected chi connectivity index (χ1v) is 12.3. The molecule has 0 aromatic heterocycles. The lowest BCUT2D eigenvalue weighted by molar-refractivity contribution is -0.384. The molecular weight excluding hydrogens is 500 g/mol. The molecule has 0 N–H and O–H groups in total. The van der Waals surface area contributed by atoms with E-state index in [1.54, 1.807) is 12.1 Å². The van der Waals surface area contributed by atoms with Gasteiger partial charge in [-0.05, 0) is 54.3 Å². The Kier molecular flexibility index (Phi) is 8.40. The molecule has 10 nitrogen and oxygen atoms in total. The highest BCUT2D eigenvalue weighted by Crippen LogP contribution is 2.36. The number of amides is 2. The van der Waals surface area contributed by atoms with Crippen LogP contribution in [0.4, 0.5) is 5.69 Å². The number of hydrogen-bond donors (Lipinski definition) is 0. The number of carbonyl (C=O) groups is 2. The van der Waals surface area contributed by atoms with E-state index in [-0.39, 0.29) is 30.2 Å². The summed E-state index contributed by atoms with van der Waals surface area (Å²) < 4.78 is 11.4. The lowest BCUT2D eigenvalue weighted by Crippen LogP contribution is -2.47. The van der Waals surface area contributed by atoms with Crippen molar-refractivity contribution in [3.63, 3.8) is 0 Å². The lowest BCUT2D eigenvalue weighted by atomic mass is 10.00. The number of rotatable bonds is 9. The Hall–Kier alpha value is -4.93. The highest BCUT2D eigenvalue weighted by molar-refractivity contribution is 6.13. The molecule has 198 valence electrons. The van der Waals surface area contributed by atoms with Gasteiger partial charge < -0.3 is 9.47 Å². The molecule has 0 unspecified atom stereocenters. The summed E-state index contributed by atoms with van der Waals surface area (Å²) in [7, 11) is 1.51. The number of allylic oxidation sites excluding steroid dienone is 1. The summed E-state index contributed by atoms with van der Waals surface area (Å²) in [4.78, 5) is 38.2. The third-order valence-electron chi connectivity index (χ3n) is 6.65. The molecule has 2 aliphatic heterocycles. The number of terminal acetylenes is 1. The smallest absolute Gasteiger partial charge is 0.269 e. The van der Waals surface area contributed by atoms with Crippen LogP contribution in [0.5, 0.6) is 11.5 Å². The normalized spacial score (nSPS) is 16.2. The Morgan fingerprint density at radius 2 is 1.85 bits per heavy atom. The predicted octanol–water partition coefficient (Wildman–Crippen LogP) is 3.57. The number of methoxy groups -OCH3 is 1. The van der Waals surface area contributed by atoms with Crippen LogP contribution in [-0.2, 0) is 16.1 Å². The largest absolute Gasteiger partial charge is 0.493 e. The third kappa shape index (κ3) is 6.15. The summed E-state index contributed by atoms with van der Waals surface area (Å²) in [5, 5.41) is 20.8. The maximum absolute atomic E-state index is 12.1. The van der Waals surface area contributed by atoms with Gasteiger partial charge in [0.25, 0.3) is 17.5 Å². The van der Waals surface area contributed by atoms with Crippen molar-refractivity contribution in [1.82, 2.24) is 9.80 Å². The second kappa shape index (κ2) is 12.1. The number of ether oxygens (including phenoxy) is 2. The van der Waals surface area contributed by atoms with Crippen LogP contribution in [0.2, 0.25) is 0 Å². The van der Waals surface area contributed by atoms with E-state index in [0.717, 1.165) is 5.56 Å². The fourth-order valence-corrected chi connectivity index (χ4v) is 4.77. The fourth-order valence-electron chi connectivity index (χ4n) is 4.77. The molecule has 10 heteroatoms. The SMILES string of the molecule is C#CCOc1c(CN2CCC(N3C(=O)C=CC3=O)CC2)cc(/C=C(\C#N)c2ccc([N+](=O)[O-])cc2)cc1OC. The summed E-state index contributed by atoms with van der Waals surface area (Å²) in [6.07, 6.45) is 11.0. The van der Waals surface area contributed by atoms with Crippen LogP contribution in [0.3, 0.4) is 0 Å². The van der Waals surface area contributed by atoms with Gasteiger partial charge in [-0.3, -0.25) is 29.5 Å². The zero-order chi connectivity index (χ0) is 27.9. The Morgan fingerprint density at radius 3 is 2.41 bits per heavy atom. The first-order chi connectivity index (χ1) is 18.8. The maximum atomic E-state index is 12.1. The number of imide groups is 1. The minimum atomic E-state index is -0.494. The summed E-state index contributed by atoms with van der Waals surface area (Å²) in [6, 6.07) is 11.4. The van der Waals surface area contributed by atoms with Crippen molar-refractivity contribution in [1.29, 1.82) is 5.26 Å². The Bertz CT molecular complexity index is 1410. The van der Waals surface area contributed by atoms with Crippen LogP contribution >= 0.6 is 0 Å². The molecule has 2 heterocycles. The third-order valence-corrected chi connectivity index (χ3v) is 6.65. The first kappa shape index (κ1) is 27.1. The predicted molar refractivity (Wildman–Crippen MR) is 143 cm³/mol. The van der Waals surface area contributed by atoms with Crippen LogP contribution in [0.1, 0.15) is 29.5 Å². The molecule has 0 saturated carbocycles. The van der Waals surface area contributed by atoms with Gasteiger partial charge in [0.15, 0.2) is 11.5 Å². The Balaban J connectivity index is 1.59. The standard InChI is InChI=1S/C29H26N4O6/c1-3-14-39-29-23(19-31-12-10-24(11-13-31)32-27(34)8-9-28(32)35)16-20(17-26(29)38-2)15-22(18-30)21-4-6-25(7-5-21)33(36)37/h1,4-9,15-17,24H,10-14,19H2,2H3/b22-15+. The zero-order valence-electron chi connectivity index (χ0n) is 21.3. The molecule has 39 heavy (non-hydrogen) atoms. The van der Waals surface area contributed by atoms with Crippen LogP contribution in [-0.4, -0.2) is 59.4 Å². The van der Waals surface area contributed by atoms with Gasteiger partial charge in [-0.1, -0.05) is 5.92 Å². The average molecular weight is 527 g/mol. The summed E-state index contributed by atoms with van der Waals surface area (Å²) in [5.74, 6) is 2.87. The number of carbonyl (C=O) groups excluding carboxylic acids is 2. The molecule has 2 aromatic carbocycles. The molecule has 0 bridgehead atoms. The molecule has 0 radical (unpaired) electrons. The second-order valence-corrected chi connectivity index (χ2v) is 9.07. The fraction of sp³-hybridized carbons (Fsp3) is 0.276. The van der Waals surface area contributed by atoms with E-state index < -0.39 is 4.92 Å². The summed E-state index contributed by atoms with van der Waals surface area (Å²) >= 11 is 0. The van der Waals surface area contributed by atoms with Gasteiger partial charge in [0.05, 0.1) is 23.7 Å². The number of nitro groups is 1. The van der Waals surface area contributed by atoms with Crippen LogP contribution < -0.4 is 9.47 Å². The topological polar surface area (TPSA) is 126 Å². The molecule has 2 aromatic rings. The molecule has 1 saturated heterocycles. The molecule has 0 aliphatic carbocycles. The number of hydrogen-bond acceptors (Lipinski definition) is 8. The van der Waals surface area contributed by atoms with E-state index in [0.29, 0.717) is 60.7 Å². The van der Waals surface area contributed by atoms with Gasteiger partial charge in [0.2, 0.25) is 0 Å². The molecule has 0 atom stereocenters. The van der Waals surface area contributed by atoms with Gasteiger partial charge in [-0.25, -0.2) is 0 Å². The second-order valence-electron chi connectivity index (χ2n) is 9.07. The van der Waals surface area contributed by atoms with Crippen LogP contribution in [0.15, 0.2) is 48.6 Å². The number of benzene rings is 2. The number of non-ortho nitro benzene ring substituents is 1. The molecule has 2 amide bonds. The number of nitrogens with zero attached hydrogens (tertiary/aromatic N) is 4. The van der Waals surface area contributed by atoms with Crippen LogP contribution in [0, 0.1) is 33.8 Å². The zero-order valence-corrected chi connectivity index (χ0v) is 21.3. The Morgan fingerprint density at radius 1 is 1.18 bits per heavy atom. The minimum absolute atomic E-state index is 0.0407. The molecule has 0 spiro atoms. The highest BCUT2D eigenvalue weighted by atomic mass is 16.6. The van der Waals surface area contributed by atoms with Gasteiger partial charge in [0.1, 0.15) is 6.61 Å². The minimum Gasteiger partial charge on any atom is -0.493 e. The summed E-state index contributed by atoms with van der Waals surface area (Å²) in [6.45, 7) is 1.85. The lowest BCUT2D eigenvalue weighted by Gasteiger charge is -2.36. The van der Waals surface area contributed by atoms with E-state index in [9.17, 15) is 25.0 Å². The summed E-state index contributed by atoms with van der Waals surface area (Å²) in [5.41, 5.74) is 2.28. The van der Waals surface area contributed by atoms with E-state index in [1.807, 2.05) is 6.07 Å². The molecular formula is C29H26N4O6. The molecule has 1 fully saturated rings. The van der Waals surface area contributed by atoms with Crippen molar-refractivity contribution in [3.8, 4) is 29.9 Å². The van der Waals surface area contributed by atoms with Crippen molar-refractivity contribution in [2.45, 2.75) is 25.4 Å². The quantitative estimate of drug-likeness (QED) is 0.121. The van der Waals surface area contributed by atoms with Gasteiger partial charge in [-0.15, -0.1) is 6.42 Å². The van der Waals surface area contributed by atoms with Crippen molar-refractivity contribution in [2.24, 2.45) is 0 Å². The highest BCUT2D eigenvalue weighted by Gasteiger charge is 2.33. The van der Waals surface area contributed by atoms with Crippen molar-refractivity contribution < 1.29 is 24.0 Å². The van der Waals surface area contributed by atoms with Crippen molar-refractivity contribution >= 4 is 29.2 Å². The number of nitriles is 1. The van der Waals surface area contributed by atoms with E-state index >= 15 is 0 Å². The first-order valence-electron chi connectivity index (χ1n) is 12.3. The van der Waals surface area contributed by atoms with Crippen molar-refractivity contribution in [2.75, 3.05) is 26.8 Å². The number of nitro benzene ring substituents is 1. The van der Waals surface area contributed by atoms with E-state index in [4.69, 9.17) is 15.9 Å². The van der Waals surface area contributed by atoms with Crippen molar-refractivity contribution in [3.05, 3.63) is 75.4 Å². The van der Waals surface area contributed by atoms with Gasteiger partial charge >= 0.3 is 0 Å². The van der Waals surface area contributed by atoms with Gasteiger partial charge in [-0.2, -0.15) is 5.26 Å². The van der Waals surface area contributed by atoms with E-state index in [2.05, 4.69) is 16.9 Å². The maximum Gasteiger partial charge on any atom is 0.269 e. The molecule has 2 aliphatic rings.